The van der Waals surface area contributed by atoms with Gasteiger partial charge >= 0.3 is 0 Å². The van der Waals surface area contributed by atoms with Crippen LogP contribution in [0.4, 0.5) is 0 Å². The summed E-state index contributed by atoms with van der Waals surface area (Å²) in [4.78, 5) is 11.1. The van der Waals surface area contributed by atoms with Gasteiger partial charge in [-0.15, -0.1) is 0 Å². The number of fused-ring (bicyclic) bond motifs is 1. The third-order valence-corrected chi connectivity index (χ3v) is 2.62. The molecule has 0 aromatic rings. The molecule has 0 unspecified atom stereocenters. The van der Waals surface area contributed by atoms with Gasteiger partial charge in [-0.05, 0) is 19.3 Å². The Morgan fingerprint density at radius 2 is 2.36 bits per heavy atom. The number of carbonyl (C=O) groups excluding carboxylic acids is 1. The molecule has 1 saturated heterocycles. The normalized spacial score (nSPS) is 44.1. The molecular weight excluding hydrogens is 144 g/mol. The van der Waals surface area contributed by atoms with Crippen molar-refractivity contribution in [2.24, 2.45) is 0 Å². The molecule has 0 spiro atoms. The van der Waals surface area contributed by atoms with Gasteiger partial charge < -0.3 is 9.84 Å². The predicted molar refractivity (Wildman–Crippen MR) is 38.2 cm³/mol. The molecule has 3 nitrogen and oxygen atoms in total. The summed E-state index contributed by atoms with van der Waals surface area (Å²) < 4.78 is 5.22. The van der Waals surface area contributed by atoms with Crippen LogP contribution in [0.1, 0.15) is 25.7 Å². The minimum atomic E-state index is -0.810. The lowest BCUT2D eigenvalue weighted by Crippen LogP contribution is -2.45. The van der Waals surface area contributed by atoms with Gasteiger partial charge in [-0.2, -0.15) is 0 Å². The lowest BCUT2D eigenvalue weighted by Gasteiger charge is -2.33. The van der Waals surface area contributed by atoms with Crippen LogP contribution >= 0.6 is 0 Å². The van der Waals surface area contributed by atoms with Gasteiger partial charge in [0.25, 0.3) is 0 Å². The molecule has 1 aliphatic heterocycles. The van der Waals surface area contributed by atoms with Crippen LogP contribution < -0.4 is 0 Å². The van der Waals surface area contributed by atoms with E-state index < -0.39 is 11.7 Å². The van der Waals surface area contributed by atoms with E-state index >= 15 is 0 Å². The lowest BCUT2D eigenvalue weighted by molar-refractivity contribution is -0.152. The maximum Gasteiger partial charge on any atom is 0.164 e. The van der Waals surface area contributed by atoms with Crippen LogP contribution in [0.15, 0.2) is 0 Å². The quantitative estimate of drug-likeness (QED) is 0.547. The van der Waals surface area contributed by atoms with Gasteiger partial charge in [0.15, 0.2) is 5.78 Å². The zero-order chi connectivity index (χ0) is 7.90. The first-order valence-electron chi connectivity index (χ1n) is 4.09. The highest BCUT2D eigenvalue weighted by molar-refractivity contribution is 5.87. The molecule has 1 N–H and O–H groups in total. The topological polar surface area (TPSA) is 46.5 Å². The Kier molecular flexibility index (Phi) is 1.51. The van der Waals surface area contributed by atoms with Crippen LogP contribution in [-0.2, 0) is 9.53 Å². The van der Waals surface area contributed by atoms with E-state index in [0.717, 1.165) is 12.8 Å². The Bertz CT molecular complexity index is 190. The SMILES string of the molecule is O=C1CC[C@@]2(O)CCCO[C@@H]12. The van der Waals surface area contributed by atoms with Gasteiger partial charge in [0, 0.05) is 13.0 Å². The van der Waals surface area contributed by atoms with Crippen LogP contribution in [0, 0.1) is 0 Å². The van der Waals surface area contributed by atoms with Crippen molar-refractivity contribution in [1.29, 1.82) is 0 Å². The third kappa shape index (κ3) is 0.993. The number of rotatable bonds is 0. The van der Waals surface area contributed by atoms with E-state index in [1.54, 1.807) is 0 Å². The largest absolute Gasteiger partial charge is 0.387 e. The van der Waals surface area contributed by atoms with Crippen LogP contribution in [0.5, 0.6) is 0 Å². The highest BCUT2D eigenvalue weighted by atomic mass is 16.5. The van der Waals surface area contributed by atoms with Crippen LogP contribution in [0.25, 0.3) is 0 Å². The van der Waals surface area contributed by atoms with E-state index in [1.807, 2.05) is 0 Å². The summed E-state index contributed by atoms with van der Waals surface area (Å²) in [6, 6.07) is 0. The number of carbonyl (C=O) groups is 1. The van der Waals surface area contributed by atoms with Crippen molar-refractivity contribution < 1.29 is 14.6 Å². The van der Waals surface area contributed by atoms with E-state index in [9.17, 15) is 9.90 Å². The van der Waals surface area contributed by atoms with E-state index in [2.05, 4.69) is 0 Å². The molecule has 0 amide bonds. The first-order valence-corrected chi connectivity index (χ1v) is 4.09. The van der Waals surface area contributed by atoms with Crippen molar-refractivity contribution in [3.05, 3.63) is 0 Å². The summed E-state index contributed by atoms with van der Waals surface area (Å²) in [5, 5.41) is 9.84. The van der Waals surface area contributed by atoms with E-state index in [4.69, 9.17) is 4.74 Å². The van der Waals surface area contributed by atoms with Crippen molar-refractivity contribution in [2.75, 3.05) is 6.61 Å². The summed E-state index contributed by atoms with van der Waals surface area (Å²) in [7, 11) is 0. The summed E-state index contributed by atoms with van der Waals surface area (Å²) in [6.45, 7) is 0.624. The number of Topliss-reactive ketones (excluding diaryl/α,β-unsaturated/α-hetero) is 1. The highest BCUT2D eigenvalue weighted by Gasteiger charge is 2.49. The summed E-state index contributed by atoms with van der Waals surface area (Å²) in [5.74, 6) is 0.0761. The zero-order valence-corrected chi connectivity index (χ0v) is 6.38. The molecule has 1 saturated carbocycles. The van der Waals surface area contributed by atoms with Crippen molar-refractivity contribution in [1.82, 2.24) is 0 Å². The molecule has 2 fully saturated rings. The first kappa shape index (κ1) is 7.25. The zero-order valence-electron chi connectivity index (χ0n) is 6.38. The smallest absolute Gasteiger partial charge is 0.164 e. The molecule has 11 heavy (non-hydrogen) atoms. The fraction of sp³-hybridized carbons (Fsp3) is 0.875. The van der Waals surface area contributed by atoms with Crippen molar-refractivity contribution in [3.63, 3.8) is 0 Å². The van der Waals surface area contributed by atoms with E-state index in [0.29, 0.717) is 19.4 Å². The van der Waals surface area contributed by atoms with Gasteiger partial charge in [-0.1, -0.05) is 0 Å². The fourth-order valence-electron chi connectivity index (χ4n) is 1.99. The number of hydrogen-bond acceptors (Lipinski definition) is 3. The Hall–Kier alpha value is -0.410. The molecule has 2 rings (SSSR count). The second kappa shape index (κ2) is 2.29. The Labute approximate surface area is 65.4 Å². The number of ketones is 1. The second-order valence-electron chi connectivity index (χ2n) is 3.42. The molecular formula is C8H12O3. The summed E-state index contributed by atoms with van der Waals surface area (Å²) >= 11 is 0. The second-order valence-corrected chi connectivity index (χ2v) is 3.42. The number of hydrogen-bond donors (Lipinski definition) is 1. The van der Waals surface area contributed by atoms with Crippen molar-refractivity contribution in [3.8, 4) is 0 Å². The van der Waals surface area contributed by atoms with Crippen molar-refractivity contribution in [2.45, 2.75) is 37.4 Å². The summed E-state index contributed by atoms with van der Waals surface area (Å²) in [6.07, 6.45) is 2.18. The van der Waals surface area contributed by atoms with E-state index in [-0.39, 0.29) is 5.78 Å². The van der Waals surface area contributed by atoms with Crippen LogP contribution in [0.3, 0.4) is 0 Å². The van der Waals surface area contributed by atoms with Crippen LogP contribution in [-0.4, -0.2) is 29.2 Å². The molecule has 1 heterocycles. The van der Waals surface area contributed by atoms with Crippen LogP contribution in [0.2, 0.25) is 0 Å². The van der Waals surface area contributed by atoms with E-state index in [1.165, 1.54) is 0 Å². The van der Waals surface area contributed by atoms with Gasteiger partial charge in [0.1, 0.15) is 6.10 Å². The average Bonchev–Trinajstić information content (AvgIpc) is 2.29. The molecule has 3 heteroatoms. The standard InChI is InChI=1S/C8H12O3/c9-6-2-4-8(10)3-1-5-11-7(6)8/h7,10H,1-5H2/t7-,8-/m0/s1. The minimum absolute atomic E-state index is 0.0761. The maximum absolute atomic E-state index is 11.1. The lowest BCUT2D eigenvalue weighted by atomic mass is 9.92. The number of ether oxygens (including phenoxy) is 1. The minimum Gasteiger partial charge on any atom is -0.387 e. The molecule has 0 aromatic carbocycles. The first-order chi connectivity index (χ1) is 5.22. The Morgan fingerprint density at radius 1 is 1.55 bits per heavy atom. The van der Waals surface area contributed by atoms with Gasteiger partial charge in [0.05, 0.1) is 5.60 Å². The Balaban J connectivity index is 2.21. The fourth-order valence-corrected chi connectivity index (χ4v) is 1.99. The third-order valence-electron chi connectivity index (χ3n) is 2.62. The number of aliphatic hydroxyl groups is 1. The molecule has 2 aliphatic rings. The average molecular weight is 156 g/mol. The molecule has 0 bridgehead atoms. The monoisotopic (exact) mass is 156 g/mol. The molecule has 62 valence electrons. The molecule has 2 atom stereocenters. The predicted octanol–water partition coefficient (Wildman–Crippen LogP) is 0.259. The molecule has 1 aliphatic carbocycles. The van der Waals surface area contributed by atoms with Gasteiger partial charge in [0.2, 0.25) is 0 Å². The summed E-state index contributed by atoms with van der Waals surface area (Å²) in [5.41, 5.74) is -0.810. The van der Waals surface area contributed by atoms with Gasteiger partial charge in [-0.3, -0.25) is 4.79 Å². The molecule has 0 radical (unpaired) electrons. The highest BCUT2D eigenvalue weighted by Crippen LogP contribution is 2.36. The van der Waals surface area contributed by atoms with Gasteiger partial charge in [-0.25, -0.2) is 0 Å². The Morgan fingerprint density at radius 3 is 3.09 bits per heavy atom. The molecule has 0 aromatic heterocycles. The van der Waals surface area contributed by atoms with Crippen molar-refractivity contribution >= 4 is 5.78 Å². The maximum atomic E-state index is 11.1.